The molecule has 30 heavy (non-hydrogen) atoms. The summed E-state index contributed by atoms with van der Waals surface area (Å²) < 4.78 is 18.3. The van der Waals surface area contributed by atoms with Crippen LogP contribution in [-0.4, -0.2) is 30.1 Å². The van der Waals surface area contributed by atoms with Crippen LogP contribution in [0.4, 0.5) is 10.5 Å². The number of carbonyl (C=O) groups is 1. The van der Waals surface area contributed by atoms with Crippen LogP contribution in [0.3, 0.4) is 0 Å². The molecule has 2 amide bonds. The number of urea groups is 1. The molecule has 2 unspecified atom stereocenters. The molecule has 4 N–H and O–H groups in total. The first kappa shape index (κ1) is 21.0. The van der Waals surface area contributed by atoms with Crippen LogP contribution < -0.4 is 10.5 Å². The molecule has 0 fully saturated rings. The SMILES string of the molecule is CC1CCc2c1nc1c(c2NC(=O)N=S(N)(=O)c2cc(CO)n(C(C)C)n2)CCC1. The number of fused-ring (bicyclic) bond motifs is 2. The van der Waals surface area contributed by atoms with E-state index in [0.29, 0.717) is 11.6 Å². The maximum atomic E-state index is 13.0. The molecule has 0 radical (unpaired) electrons. The van der Waals surface area contributed by atoms with Crippen molar-refractivity contribution in [2.75, 3.05) is 5.32 Å². The third-order valence-electron chi connectivity index (χ3n) is 5.84. The third-order valence-corrected chi connectivity index (χ3v) is 7.08. The van der Waals surface area contributed by atoms with Crippen LogP contribution in [0.25, 0.3) is 0 Å². The number of nitrogens with one attached hydrogen (secondary N) is 1. The second-order valence-corrected chi connectivity index (χ2v) is 10.1. The average molecular weight is 433 g/mol. The van der Waals surface area contributed by atoms with Crippen molar-refractivity contribution in [3.8, 4) is 0 Å². The largest absolute Gasteiger partial charge is 0.390 e. The molecule has 0 aromatic carbocycles. The highest BCUT2D eigenvalue weighted by Crippen LogP contribution is 2.41. The first-order chi connectivity index (χ1) is 14.2. The lowest BCUT2D eigenvalue weighted by Gasteiger charge is -2.15. The van der Waals surface area contributed by atoms with Crippen LogP contribution in [-0.2, 0) is 35.8 Å². The Morgan fingerprint density at radius 1 is 1.40 bits per heavy atom. The standard InChI is InChI=1S/C20H28N6O3S/c1-11(2)26-13(10-27)9-17(24-26)30(21,29)25-20(28)23-19-14-5-4-6-16(14)22-18-12(3)7-8-15(18)19/h9,11-12,27H,4-8,10H2,1-3H3,(H3,21,22,23,25,28,29). The molecule has 9 nitrogen and oxygen atoms in total. The number of nitrogens with two attached hydrogens (primary N) is 1. The number of anilines is 1. The van der Waals surface area contributed by atoms with Gasteiger partial charge in [0.25, 0.3) is 0 Å². The molecule has 2 aromatic rings. The topological polar surface area (TPSA) is 135 Å². The molecule has 2 heterocycles. The average Bonchev–Trinajstić information content (AvgIpc) is 3.39. The molecule has 0 saturated carbocycles. The zero-order valence-corrected chi connectivity index (χ0v) is 18.3. The zero-order valence-electron chi connectivity index (χ0n) is 17.5. The van der Waals surface area contributed by atoms with Crippen LogP contribution in [0.5, 0.6) is 0 Å². The molecule has 0 aliphatic heterocycles. The third kappa shape index (κ3) is 3.63. The number of aliphatic hydroxyl groups is 1. The summed E-state index contributed by atoms with van der Waals surface area (Å²) in [6.07, 6.45) is 4.61. The predicted octanol–water partition coefficient (Wildman–Crippen LogP) is 2.82. The van der Waals surface area contributed by atoms with Crippen molar-refractivity contribution in [3.63, 3.8) is 0 Å². The van der Waals surface area contributed by atoms with Gasteiger partial charge in [-0.05, 0) is 63.0 Å². The smallest absolute Gasteiger partial charge is 0.354 e. The van der Waals surface area contributed by atoms with Crippen molar-refractivity contribution in [2.45, 2.75) is 76.5 Å². The number of aryl methyl sites for hydroxylation is 1. The normalized spacial score (nSPS) is 19.5. The number of hydrogen-bond donors (Lipinski definition) is 3. The van der Waals surface area contributed by atoms with Crippen molar-refractivity contribution in [1.82, 2.24) is 14.8 Å². The Morgan fingerprint density at radius 2 is 2.17 bits per heavy atom. The Morgan fingerprint density at radius 3 is 2.83 bits per heavy atom. The van der Waals surface area contributed by atoms with E-state index in [1.54, 1.807) is 0 Å². The highest BCUT2D eigenvalue weighted by atomic mass is 32.2. The minimum absolute atomic E-state index is 0.0193. The summed E-state index contributed by atoms with van der Waals surface area (Å²) in [4.78, 5) is 17.6. The highest BCUT2D eigenvalue weighted by Gasteiger charge is 2.30. The second-order valence-electron chi connectivity index (χ2n) is 8.33. The maximum absolute atomic E-state index is 13.0. The van der Waals surface area contributed by atoms with E-state index in [9.17, 15) is 14.1 Å². The van der Waals surface area contributed by atoms with E-state index in [1.807, 2.05) is 13.8 Å². The van der Waals surface area contributed by atoms with Crippen LogP contribution in [0.15, 0.2) is 15.5 Å². The quantitative estimate of drug-likeness (QED) is 0.682. The molecular formula is C20H28N6O3S. The van der Waals surface area contributed by atoms with Gasteiger partial charge in [-0.1, -0.05) is 6.92 Å². The molecule has 2 aromatic heterocycles. The lowest BCUT2D eigenvalue weighted by Crippen LogP contribution is -2.20. The van der Waals surface area contributed by atoms with Crippen LogP contribution in [0, 0.1) is 0 Å². The van der Waals surface area contributed by atoms with Gasteiger partial charge in [-0.25, -0.2) is 14.1 Å². The second kappa shape index (κ2) is 7.75. The Labute approximate surface area is 176 Å². The molecule has 2 aliphatic carbocycles. The number of rotatable bonds is 4. The molecule has 2 aliphatic rings. The van der Waals surface area contributed by atoms with Crippen LogP contribution in [0.1, 0.15) is 73.8 Å². The van der Waals surface area contributed by atoms with E-state index in [-0.39, 0.29) is 17.7 Å². The summed E-state index contributed by atoms with van der Waals surface area (Å²) >= 11 is 0. The number of nitrogens with zero attached hydrogens (tertiary/aromatic N) is 4. The van der Waals surface area contributed by atoms with Crippen molar-refractivity contribution in [2.24, 2.45) is 9.50 Å². The summed E-state index contributed by atoms with van der Waals surface area (Å²) in [5.41, 5.74) is 5.43. The molecule has 10 heteroatoms. The summed E-state index contributed by atoms with van der Waals surface area (Å²) in [5.74, 6) is 0.356. The summed E-state index contributed by atoms with van der Waals surface area (Å²) in [6.45, 7) is 5.63. The fourth-order valence-corrected chi connectivity index (χ4v) is 5.26. The van der Waals surface area contributed by atoms with Crippen molar-refractivity contribution in [1.29, 1.82) is 0 Å². The van der Waals surface area contributed by atoms with E-state index >= 15 is 0 Å². The Hall–Kier alpha value is -2.30. The molecule has 162 valence electrons. The van der Waals surface area contributed by atoms with Crippen molar-refractivity contribution >= 4 is 21.6 Å². The fraction of sp³-hybridized carbons (Fsp3) is 0.550. The molecule has 0 saturated heterocycles. The van der Waals surface area contributed by atoms with Gasteiger partial charge in [0.05, 0.1) is 18.0 Å². The molecule has 2 atom stereocenters. The van der Waals surface area contributed by atoms with E-state index in [1.165, 1.54) is 10.7 Å². The molecule has 0 bridgehead atoms. The van der Waals surface area contributed by atoms with Crippen LogP contribution >= 0.6 is 0 Å². The summed E-state index contributed by atoms with van der Waals surface area (Å²) in [7, 11) is -3.56. The van der Waals surface area contributed by atoms with Crippen LogP contribution in [0.2, 0.25) is 0 Å². The molecule has 4 rings (SSSR count). The monoisotopic (exact) mass is 432 g/mol. The number of pyridine rings is 1. The Balaban J connectivity index is 1.68. The van der Waals surface area contributed by atoms with E-state index in [2.05, 4.69) is 21.7 Å². The first-order valence-electron chi connectivity index (χ1n) is 10.3. The predicted molar refractivity (Wildman–Crippen MR) is 114 cm³/mol. The highest BCUT2D eigenvalue weighted by molar-refractivity contribution is 7.91. The zero-order chi connectivity index (χ0) is 21.6. The van der Waals surface area contributed by atoms with Gasteiger partial charge >= 0.3 is 6.03 Å². The minimum atomic E-state index is -3.56. The first-order valence-corrected chi connectivity index (χ1v) is 11.9. The number of hydrogen-bond acceptors (Lipinski definition) is 5. The van der Waals surface area contributed by atoms with Gasteiger partial charge in [-0.15, -0.1) is 4.36 Å². The maximum Gasteiger partial charge on any atom is 0.354 e. The Bertz CT molecular complexity index is 1130. The van der Waals surface area contributed by atoms with Gasteiger partial charge in [0.1, 0.15) is 0 Å². The van der Waals surface area contributed by atoms with Gasteiger partial charge in [-0.3, -0.25) is 9.67 Å². The van der Waals surface area contributed by atoms with Gasteiger partial charge in [0.2, 0.25) is 0 Å². The lowest BCUT2D eigenvalue weighted by molar-refractivity contribution is 0.260. The van der Waals surface area contributed by atoms with E-state index in [0.717, 1.165) is 60.3 Å². The summed E-state index contributed by atoms with van der Waals surface area (Å²) in [5, 5.41) is 22.5. The van der Waals surface area contributed by atoms with Crippen molar-refractivity contribution < 1.29 is 14.1 Å². The fourth-order valence-electron chi connectivity index (χ4n) is 4.37. The number of aromatic nitrogens is 3. The Kier molecular flexibility index (Phi) is 5.41. The lowest BCUT2D eigenvalue weighted by atomic mass is 10.0. The number of amides is 2. The summed E-state index contributed by atoms with van der Waals surface area (Å²) in [6, 6.07) is 0.617. The molecule has 0 spiro atoms. The van der Waals surface area contributed by atoms with Gasteiger partial charge in [-0.2, -0.15) is 5.10 Å². The number of aliphatic hydroxyl groups excluding tert-OH is 1. The van der Waals surface area contributed by atoms with Crippen molar-refractivity contribution in [3.05, 3.63) is 34.3 Å². The van der Waals surface area contributed by atoms with E-state index < -0.39 is 15.9 Å². The molecular weight excluding hydrogens is 404 g/mol. The van der Waals surface area contributed by atoms with E-state index in [4.69, 9.17) is 10.1 Å². The van der Waals surface area contributed by atoms with Gasteiger partial charge in [0.15, 0.2) is 14.9 Å². The van der Waals surface area contributed by atoms with Gasteiger partial charge < -0.3 is 10.4 Å². The number of carbonyl (C=O) groups excluding carboxylic acids is 1. The minimum Gasteiger partial charge on any atom is -0.390 e. The van der Waals surface area contributed by atoms with Gasteiger partial charge in [0, 0.05) is 23.5 Å².